The molecule has 7 heteroatoms. The number of aromatic nitrogens is 1. The predicted molar refractivity (Wildman–Crippen MR) is 111 cm³/mol. The number of rotatable bonds is 7. The average molecular weight is 395 g/mol. The second kappa shape index (κ2) is 8.67. The van der Waals surface area contributed by atoms with Gasteiger partial charge in [-0.25, -0.2) is 4.98 Å². The molecule has 0 aliphatic carbocycles. The maximum atomic E-state index is 12.4. The van der Waals surface area contributed by atoms with Crippen molar-refractivity contribution in [2.24, 2.45) is 0 Å². The number of carbonyl (C=O) groups excluding carboxylic acids is 1. The summed E-state index contributed by atoms with van der Waals surface area (Å²) in [5, 5.41) is 15.4. The van der Waals surface area contributed by atoms with Gasteiger partial charge in [-0.05, 0) is 43.2 Å². The van der Waals surface area contributed by atoms with Crippen molar-refractivity contribution < 1.29 is 14.7 Å². The molecule has 144 valence electrons. The molecule has 0 saturated carbocycles. The summed E-state index contributed by atoms with van der Waals surface area (Å²) in [4.78, 5) is 28.1. The van der Waals surface area contributed by atoms with E-state index in [4.69, 9.17) is 5.11 Å². The van der Waals surface area contributed by atoms with E-state index in [2.05, 4.69) is 28.6 Å². The minimum Gasteiger partial charge on any atom is -0.481 e. The third-order valence-corrected chi connectivity index (χ3v) is 5.34. The zero-order valence-electron chi connectivity index (χ0n) is 15.7. The number of benzene rings is 2. The van der Waals surface area contributed by atoms with Gasteiger partial charge in [0.15, 0.2) is 5.13 Å². The maximum absolute atomic E-state index is 12.4. The summed E-state index contributed by atoms with van der Waals surface area (Å²) in [5.74, 6) is -1.19. The number of hydrogen-bond donors (Lipinski definition) is 3. The Morgan fingerprint density at radius 1 is 1.07 bits per heavy atom. The van der Waals surface area contributed by atoms with Crippen LogP contribution in [0.3, 0.4) is 0 Å². The zero-order chi connectivity index (χ0) is 20.1. The van der Waals surface area contributed by atoms with Crippen molar-refractivity contribution in [1.29, 1.82) is 0 Å². The number of nitrogens with zero attached hydrogens (tertiary/aromatic N) is 1. The molecule has 0 saturated heterocycles. The van der Waals surface area contributed by atoms with Gasteiger partial charge < -0.3 is 10.4 Å². The molecule has 0 fully saturated rings. The van der Waals surface area contributed by atoms with E-state index in [-0.39, 0.29) is 12.3 Å². The first kappa shape index (κ1) is 19.6. The predicted octanol–water partition coefficient (Wildman–Crippen LogP) is 4.25. The van der Waals surface area contributed by atoms with Crippen molar-refractivity contribution in [3.63, 3.8) is 0 Å². The van der Waals surface area contributed by atoms with Gasteiger partial charge in [0.2, 0.25) is 0 Å². The van der Waals surface area contributed by atoms with Crippen LogP contribution in [-0.2, 0) is 17.8 Å². The molecule has 0 atom stereocenters. The Labute approximate surface area is 167 Å². The largest absolute Gasteiger partial charge is 0.481 e. The number of anilines is 2. The second-order valence-electron chi connectivity index (χ2n) is 6.42. The lowest BCUT2D eigenvalue weighted by Gasteiger charge is -2.09. The number of thiazole rings is 1. The first-order chi connectivity index (χ1) is 13.4. The van der Waals surface area contributed by atoms with Gasteiger partial charge in [-0.15, -0.1) is 11.3 Å². The van der Waals surface area contributed by atoms with E-state index in [1.54, 1.807) is 19.1 Å². The molecule has 0 unspecified atom stereocenters. The summed E-state index contributed by atoms with van der Waals surface area (Å²) in [6.07, 6.45) is -0.0953. The summed E-state index contributed by atoms with van der Waals surface area (Å²) < 4.78 is 0. The summed E-state index contributed by atoms with van der Waals surface area (Å²) in [5.41, 5.74) is 4.47. The van der Waals surface area contributed by atoms with Crippen LogP contribution in [-0.4, -0.2) is 22.0 Å². The van der Waals surface area contributed by atoms with E-state index in [1.807, 2.05) is 30.3 Å². The normalized spacial score (nSPS) is 10.5. The van der Waals surface area contributed by atoms with Crippen LogP contribution >= 0.6 is 11.3 Å². The number of aliphatic carboxylic acids is 1. The van der Waals surface area contributed by atoms with E-state index < -0.39 is 5.97 Å². The van der Waals surface area contributed by atoms with Gasteiger partial charge in [-0.1, -0.05) is 30.3 Å². The van der Waals surface area contributed by atoms with Gasteiger partial charge in [0, 0.05) is 22.7 Å². The molecule has 3 N–H and O–H groups in total. The van der Waals surface area contributed by atoms with Crippen molar-refractivity contribution in [1.82, 2.24) is 4.98 Å². The number of para-hydroxylation sites is 1. The highest BCUT2D eigenvalue weighted by atomic mass is 32.1. The van der Waals surface area contributed by atoms with Crippen LogP contribution in [0, 0.1) is 13.8 Å². The minimum atomic E-state index is -0.917. The van der Waals surface area contributed by atoms with Crippen molar-refractivity contribution in [3.05, 3.63) is 75.8 Å². The third kappa shape index (κ3) is 4.95. The summed E-state index contributed by atoms with van der Waals surface area (Å²) >= 11 is 1.19. The SMILES string of the molecule is Cc1ccccc1NCc1ccc(C(=O)Nc2nc(C)c(CC(=O)O)s2)cc1. The van der Waals surface area contributed by atoms with Gasteiger partial charge in [0.05, 0.1) is 12.1 Å². The maximum Gasteiger partial charge on any atom is 0.308 e. The highest BCUT2D eigenvalue weighted by Gasteiger charge is 2.14. The summed E-state index contributed by atoms with van der Waals surface area (Å²) in [6, 6.07) is 15.4. The molecule has 1 aromatic heterocycles. The molecule has 0 aliphatic heterocycles. The molecule has 1 heterocycles. The van der Waals surface area contributed by atoms with Crippen LogP contribution in [0.4, 0.5) is 10.8 Å². The van der Waals surface area contributed by atoms with Crippen molar-refractivity contribution in [2.75, 3.05) is 10.6 Å². The number of carbonyl (C=O) groups is 2. The van der Waals surface area contributed by atoms with Gasteiger partial charge >= 0.3 is 5.97 Å². The van der Waals surface area contributed by atoms with E-state index in [0.717, 1.165) is 11.3 Å². The van der Waals surface area contributed by atoms with Crippen LogP contribution in [0.25, 0.3) is 0 Å². The smallest absolute Gasteiger partial charge is 0.308 e. The fraction of sp³-hybridized carbons (Fsp3) is 0.190. The van der Waals surface area contributed by atoms with Crippen molar-refractivity contribution >= 4 is 34.0 Å². The topological polar surface area (TPSA) is 91.3 Å². The molecule has 0 radical (unpaired) electrons. The van der Waals surface area contributed by atoms with Crippen LogP contribution in [0.1, 0.15) is 32.1 Å². The summed E-state index contributed by atoms with van der Waals surface area (Å²) in [7, 11) is 0. The second-order valence-corrected chi connectivity index (χ2v) is 7.50. The van der Waals surface area contributed by atoms with Crippen LogP contribution in [0.15, 0.2) is 48.5 Å². The Morgan fingerprint density at radius 3 is 2.46 bits per heavy atom. The number of hydrogen-bond acceptors (Lipinski definition) is 5. The van der Waals surface area contributed by atoms with Gasteiger partial charge in [0.1, 0.15) is 0 Å². The highest BCUT2D eigenvalue weighted by Crippen LogP contribution is 2.23. The van der Waals surface area contributed by atoms with Crippen LogP contribution in [0.2, 0.25) is 0 Å². The van der Waals surface area contributed by atoms with Crippen LogP contribution in [0.5, 0.6) is 0 Å². The zero-order valence-corrected chi connectivity index (χ0v) is 16.5. The summed E-state index contributed by atoms with van der Waals surface area (Å²) in [6.45, 7) is 4.45. The number of carboxylic acids is 1. The molecular weight excluding hydrogens is 374 g/mol. The van der Waals surface area contributed by atoms with E-state index in [1.165, 1.54) is 16.9 Å². The lowest BCUT2D eigenvalue weighted by Crippen LogP contribution is -2.11. The number of amides is 1. The molecule has 0 spiro atoms. The van der Waals surface area contributed by atoms with Gasteiger partial charge in [-0.2, -0.15) is 0 Å². The molecular formula is C21H21N3O3S. The molecule has 3 rings (SSSR count). The lowest BCUT2D eigenvalue weighted by molar-refractivity contribution is -0.136. The number of aryl methyl sites for hydroxylation is 2. The molecule has 2 aromatic carbocycles. The molecule has 0 aliphatic rings. The Morgan fingerprint density at radius 2 is 1.79 bits per heavy atom. The van der Waals surface area contributed by atoms with Crippen molar-refractivity contribution in [2.45, 2.75) is 26.8 Å². The van der Waals surface area contributed by atoms with Crippen LogP contribution < -0.4 is 10.6 Å². The molecule has 28 heavy (non-hydrogen) atoms. The Bertz CT molecular complexity index is 996. The van der Waals surface area contributed by atoms with Crippen molar-refractivity contribution in [3.8, 4) is 0 Å². The molecule has 0 bridgehead atoms. The average Bonchev–Trinajstić information content (AvgIpc) is 2.99. The Kier molecular flexibility index (Phi) is 6.06. The lowest BCUT2D eigenvalue weighted by atomic mass is 10.1. The van der Waals surface area contributed by atoms with E-state index >= 15 is 0 Å². The monoisotopic (exact) mass is 395 g/mol. The molecule has 1 amide bonds. The first-order valence-corrected chi connectivity index (χ1v) is 9.62. The fourth-order valence-electron chi connectivity index (χ4n) is 2.69. The first-order valence-electron chi connectivity index (χ1n) is 8.80. The highest BCUT2D eigenvalue weighted by molar-refractivity contribution is 7.16. The van der Waals surface area contributed by atoms with Gasteiger partial charge in [0.25, 0.3) is 5.91 Å². The quantitative estimate of drug-likeness (QED) is 0.556. The van der Waals surface area contributed by atoms with E-state index in [0.29, 0.717) is 27.8 Å². The van der Waals surface area contributed by atoms with E-state index in [9.17, 15) is 9.59 Å². The minimum absolute atomic E-state index is 0.0953. The standard InChI is InChI=1S/C21H21N3O3S/c1-13-5-3-4-6-17(13)22-12-15-7-9-16(10-8-15)20(27)24-21-23-14(2)18(28-21)11-19(25)26/h3-10,22H,11-12H2,1-2H3,(H,25,26)(H,23,24,27). The fourth-order valence-corrected chi connectivity index (χ4v) is 3.64. The number of nitrogens with one attached hydrogen (secondary N) is 2. The number of carboxylic acid groups (broad SMARTS) is 1. The Balaban J connectivity index is 1.61. The Hall–Kier alpha value is -3.19. The third-order valence-electron chi connectivity index (χ3n) is 4.27. The molecule has 6 nitrogen and oxygen atoms in total. The molecule has 3 aromatic rings. The van der Waals surface area contributed by atoms with Gasteiger partial charge in [-0.3, -0.25) is 14.9 Å².